The van der Waals surface area contributed by atoms with Crippen molar-refractivity contribution in [3.63, 3.8) is 0 Å². The summed E-state index contributed by atoms with van der Waals surface area (Å²) < 4.78 is -1.38. The van der Waals surface area contributed by atoms with Gasteiger partial charge in [0.05, 0.1) is 8.99 Å². The van der Waals surface area contributed by atoms with Crippen molar-refractivity contribution in [3.8, 4) is 0 Å². The van der Waals surface area contributed by atoms with Crippen molar-refractivity contribution in [1.82, 2.24) is 0 Å². The molecule has 2 unspecified atom stereocenters. The summed E-state index contributed by atoms with van der Waals surface area (Å²) in [4.78, 5) is 0. The molecule has 0 saturated heterocycles. The number of hydrogen-bond donors (Lipinski definition) is 0. The molecule has 0 heterocycles. The third-order valence-electron chi connectivity index (χ3n) is 7.39. The Morgan fingerprint density at radius 3 is 1.22 bits per heavy atom. The van der Waals surface area contributed by atoms with E-state index in [0.717, 1.165) is 11.1 Å². The van der Waals surface area contributed by atoms with E-state index in [1.54, 1.807) is 0 Å². The van der Waals surface area contributed by atoms with E-state index in [-0.39, 0.29) is 35.4 Å². The fraction of sp³-hybridized carbons (Fsp3) is 0.125. The van der Waals surface area contributed by atoms with Gasteiger partial charge in [0, 0.05) is 25.8 Å². The molecule has 0 N–H and O–H groups in total. The minimum absolute atomic E-state index is 0. The van der Waals surface area contributed by atoms with Crippen LogP contribution in [0.4, 0.5) is 0 Å². The van der Waals surface area contributed by atoms with Gasteiger partial charge in [-0.05, 0) is 69.5 Å². The van der Waals surface area contributed by atoms with E-state index in [1.165, 1.54) is 44.5 Å². The van der Waals surface area contributed by atoms with Gasteiger partial charge < -0.3 is 0 Å². The van der Waals surface area contributed by atoms with Gasteiger partial charge >= 0.3 is 0 Å². The van der Waals surface area contributed by atoms with Crippen molar-refractivity contribution >= 4 is 43.9 Å². The van der Waals surface area contributed by atoms with E-state index >= 15 is 0 Å². The zero-order valence-corrected chi connectivity index (χ0v) is 26.3. The molecule has 0 bridgehead atoms. The van der Waals surface area contributed by atoms with Gasteiger partial charge in [-0.3, -0.25) is 0 Å². The Balaban J connectivity index is 0.00000267. The maximum atomic E-state index is 7.74. The third kappa shape index (κ3) is 3.80. The summed E-state index contributed by atoms with van der Waals surface area (Å²) in [5.74, 6) is 0. The largest absolute Gasteiger partial charge is 0.118 e. The maximum absolute atomic E-state index is 7.74. The van der Waals surface area contributed by atoms with Crippen LogP contribution in [0.25, 0.3) is 11.1 Å². The molecule has 4 aromatic rings. The fourth-order valence-electron chi connectivity index (χ4n) is 5.67. The molecule has 4 heteroatoms. The summed E-state index contributed by atoms with van der Waals surface area (Å²) >= 11 is 15.5. The van der Waals surface area contributed by atoms with E-state index in [0.29, 0.717) is 0 Å². The monoisotopic (exact) mass is 686 g/mol. The molecule has 0 nitrogen and oxygen atoms in total. The van der Waals surface area contributed by atoms with E-state index in [1.807, 2.05) is 0 Å². The number of rotatable bonds is 4. The molecule has 6 rings (SSSR count). The minimum Gasteiger partial charge on any atom is -0.114 e. The van der Waals surface area contributed by atoms with Gasteiger partial charge in [0.2, 0.25) is 0 Å². The number of benzene rings is 4. The molecule has 0 saturated carbocycles. The Morgan fingerprint density at radius 1 is 0.500 bits per heavy atom. The standard InChI is InChI=1S/C32H24Cl2Si.Hf/c1-21-29(23-13-5-3-6-14-23)25-17-9-11-19-27(25)31(21,33)35-32(34)22(2)30(24-15-7-4-8-16-24)26-18-10-12-20-28(26)32;/h3-20H,1-2H3;. The van der Waals surface area contributed by atoms with Gasteiger partial charge in [-0.15, -0.1) is 23.2 Å². The zero-order valence-electron chi connectivity index (χ0n) is 20.1. The topological polar surface area (TPSA) is 0 Å². The van der Waals surface area contributed by atoms with Crippen LogP contribution in [0.15, 0.2) is 120 Å². The molecule has 0 spiro atoms. The van der Waals surface area contributed by atoms with Crippen LogP contribution >= 0.6 is 23.2 Å². The molecule has 0 fully saturated rings. The summed E-state index contributed by atoms with van der Waals surface area (Å²) in [7, 11) is 0.217. The Hall–Kier alpha value is -1.97. The quantitative estimate of drug-likeness (QED) is 0.149. The first-order valence-corrected chi connectivity index (χ1v) is 13.6. The molecule has 2 aliphatic rings. The molecule has 2 aliphatic carbocycles. The fourth-order valence-corrected chi connectivity index (χ4v) is 8.99. The predicted octanol–water partition coefficient (Wildman–Crippen LogP) is 8.54. The van der Waals surface area contributed by atoms with Gasteiger partial charge in [-0.2, -0.15) is 0 Å². The molecule has 2 atom stereocenters. The smallest absolute Gasteiger partial charge is 0.114 e. The predicted molar refractivity (Wildman–Crippen MR) is 150 cm³/mol. The number of fused-ring (bicyclic) bond motifs is 2. The summed E-state index contributed by atoms with van der Waals surface area (Å²) in [6.45, 7) is 4.36. The van der Waals surface area contributed by atoms with Crippen LogP contribution in [0.1, 0.15) is 47.2 Å². The second kappa shape index (κ2) is 9.72. The van der Waals surface area contributed by atoms with Crippen LogP contribution in [0.5, 0.6) is 0 Å². The molecule has 0 amide bonds. The van der Waals surface area contributed by atoms with Crippen molar-refractivity contribution < 1.29 is 25.8 Å². The molecule has 0 aromatic heterocycles. The summed E-state index contributed by atoms with van der Waals surface area (Å²) in [6.07, 6.45) is 0. The average Bonchev–Trinajstić information content (AvgIpc) is 3.25. The third-order valence-corrected chi connectivity index (χ3v) is 10.9. The Kier molecular flexibility index (Phi) is 6.93. The SMILES string of the molecule is CC1=C(c2ccccc2)c2ccccc2C1(Cl)[Si]C1(Cl)C(C)=C(c2ccccc2)c2ccccc21.[Hf]. The molecule has 174 valence electrons. The summed E-state index contributed by atoms with van der Waals surface area (Å²) in [5, 5.41) is 0. The van der Waals surface area contributed by atoms with Crippen LogP contribution < -0.4 is 0 Å². The van der Waals surface area contributed by atoms with Gasteiger partial charge in [-0.1, -0.05) is 109 Å². The van der Waals surface area contributed by atoms with E-state index < -0.39 is 8.99 Å². The van der Waals surface area contributed by atoms with Gasteiger partial charge in [-0.25, -0.2) is 0 Å². The normalized spacial score (nSPS) is 22.3. The van der Waals surface area contributed by atoms with E-state index in [4.69, 9.17) is 23.2 Å². The second-order valence-electron chi connectivity index (χ2n) is 9.27. The second-order valence-corrected chi connectivity index (χ2v) is 12.8. The molecule has 4 aromatic carbocycles. The van der Waals surface area contributed by atoms with Crippen molar-refractivity contribution in [2.24, 2.45) is 0 Å². The maximum Gasteiger partial charge on any atom is 0.118 e. The first kappa shape index (κ1) is 25.7. The Morgan fingerprint density at radius 2 is 0.833 bits per heavy atom. The molecular weight excluding hydrogens is 662 g/mol. The van der Waals surface area contributed by atoms with Crippen molar-refractivity contribution in [3.05, 3.63) is 154 Å². The molecular formula is C32H24Cl2HfSi. The van der Waals surface area contributed by atoms with Crippen LogP contribution in [-0.2, 0) is 34.8 Å². The first-order chi connectivity index (χ1) is 16.9. The van der Waals surface area contributed by atoms with Crippen LogP contribution in [-0.4, -0.2) is 9.52 Å². The van der Waals surface area contributed by atoms with E-state index in [2.05, 4.69) is 123 Å². The van der Waals surface area contributed by atoms with Crippen molar-refractivity contribution in [2.45, 2.75) is 22.8 Å². The molecule has 0 aliphatic heterocycles. The Bertz CT molecular complexity index is 1390. The van der Waals surface area contributed by atoms with Crippen LogP contribution in [0.3, 0.4) is 0 Å². The number of halogens is 2. The summed E-state index contributed by atoms with van der Waals surface area (Å²) in [5.41, 5.74) is 11.9. The Labute approximate surface area is 244 Å². The average molecular weight is 686 g/mol. The van der Waals surface area contributed by atoms with Crippen LogP contribution in [0.2, 0.25) is 0 Å². The van der Waals surface area contributed by atoms with Gasteiger partial charge in [0.15, 0.2) is 0 Å². The number of hydrogen-bond acceptors (Lipinski definition) is 0. The van der Waals surface area contributed by atoms with Gasteiger partial charge in [0.25, 0.3) is 0 Å². The number of allylic oxidation sites excluding steroid dienone is 2. The minimum atomic E-state index is -0.690. The van der Waals surface area contributed by atoms with Gasteiger partial charge in [0.1, 0.15) is 9.52 Å². The first-order valence-electron chi connectivity index (χ1n) is 11.9. The number of alkyl halides is 2. The zero-order chi connectivity index (χ0) is 24.2. The molecule has 36 heavy (non-hydrogen) atoms. The van der Waals surface area contributed by atoms with E-state index in [9.17, 15) is 0 Å². The van der Waals surface area contributed by atoms with Crippen molar-refractivity contribution in [1.29, 1.82) is 0 Å². The van der Waals surface area contributed by atoms with Crippen LogP contribution in [0, 0.1) is 0 Å². The van der Waals surface area contributed by atoms with Crippen molar-refractivity contribution in [2.75, 3.05) is 0 Å². The summed E-state index contributed by atoms with van der Waals surface area (Å²) in [6, 6.07) is 38.2. The molecule has 2 radical (unpaired) electrons.